The summed E-state index contributed by atoms with van der Waals surface area (Å²) in [5.41, 5.74) is 6.68. The summed E-state index contributed by atoms with van der Waals surface area (Å²) < 4.78 is 5.14. The molecule has 0 unspecified atom stereocenters. The van der Waals surface area contributed by atoms with Gasteiger partial charge in [0, 0.05) is 22.8 Å². The molecule has 0 aliphatic rings. The largest absolute Gasteiger partial charge is 0.497 e. The highest BCUT2D eigenvalue weighted by atomic mass is 32.1. The van der Waals surface area contributed by atoms with Crippen LogP contribution in [0.5, 0.6) is 5.75 Å². The first-order valence-corrected chi connectivity index (χ1v) is 6.61. The lowest BCUT2D eigenvalue weighted by Gasteiger charge is -2.06. The van der Waals surface area contributed by atoms with E-state index in [9.17, 15) is 0 Å². The molecule has 3 N–H and O–H groups in total. The van der Waals surface area contributed by atoms with Gasteiger partial charge in [0.1, 0.15) is 5.75 Å². The highest BCUT2D eigenvalue weighted by Crippen LogP contribution is 2.16. The molecule has 0 spiro atoms. The van der Waals surface area contributed by atoms with E-state index in [-0.39, 0.29) is 0 Å². The number of nitrogens with one attached hydrogen (secondary N) is 1. The molecule has 2 rings (SSSR count). The van der Waals surface area contributed by atoms with Crippen molar-refractivity contribution in [1.82, 2.24) is 4.98 Å². The third-order valence-corrected chi connectivity index (χ3v) is 3.31. The average molecular weight is 276 g/mol. The molecule has 5 nitrogen and oxygen atoms in total. The smallest absolute Gasteiger partial charge is 0.193 e. The standard InChI is InChI=1S/C13H16N4OS/c1-9-15-7-12(19-9)8-16-13(14)17-10-4-3-5-11(6-10)18-2/h3-7H,8H2,1-2H3,(H3,14,16,17). The maximum atomic E-state index is 5.83. The summed E-state index contributed by atoms with van der Waals surface area (Å²) in [6.07, 6.45) is 1.82. The number of nitrogens with two attached hydrogens (primary N) is 1. The minimum atomic E-state index is 0.374. The molecule has 0 aliphatic carbocycles. The van der Waals surface area contributed by atoms with Gasteiger partial charge in [-0.15, -0.1) is 11.3 Å². The maximum Gasteiger partial charge on any atom is 0.193 e. The molecule has 0 amide bonds. The number of nitrogens with zero attached hydrogens (tertiary/aromatic N) is 2. The zero-order valence-corrected chi connectivity index (χ0v) is 11.7. The zero-order valence-electron chi connectivity index (χ0n) is 10.9. The predicted molar refractivity (Wildman–Crippen MR) is 78.8 cm³/mol. The number of aryl methyl sites for hydroxylation is 1. The van der Waals surface area contributed by atoms with Gasteiger partial charge in [0.2, 0.25) is 0 Å². The number of thiazole rings is 1. The van der Waals surface area contributed by atoms with E-state index in [1.54, 1.807) is 18.4 Å². The number of aromatic nitrogens is 1. The second-order valence-electron chi connectivity index (χ2n) is 3.90. The van der Waals surface area contributed by atoms with Crippen LogP contribution in [0.3, 0.4) is 0 Å². The van der Waals surface area contributed by atoms with E-state index < -0.39 is 0 Å². The molecule has 100 valence electrons. The van der Waals surface area contributed by atoms with Crippen molar-refractivity contribution in [2.24, 2.45) is 10.7 Å². The van der Waals surface area contributed by atoms with Crippen molar-refractivity contribution in [3.63, 3.8) is 0 Å². The summed E-state index contributed by atoms with van der Waals surface area (Å²) in [4.78, 5) is 9.53. The summed E-state index contributed by atoms with van der Waals surface area (Å²) in [5, 5.41) is 4.06. The molecule has 0 saturated heterocycles. The minimum absolute atomic E-state index is 0.374. The van der Waals surface area contributed by atoms with Gasteiger partial charge >= 0.3 is 0 Å². The number of guanidine groups is 1. The van der Waals surface area contributed by atoms with Crippen LogP contribution in [0.4, 0.5) is 5.69 Å². The number of anilines is 1. The normalized spacial score (nSPS) is 11.4. The molecule has 0 radical (unpaired) electrons. The number of hydrogen-bond acceptors (Lipinski definition) is 4. The molecule has 0 aliphatic heterocycles. The van der Waals surface area contributed by atoms with E-state index in [4.69, 9.17) is 10.5 Å². The average Bonchev–Trinajstić information content (AvgIpc) is 2.82. The summed E-state index contributed by atoms with van der Waals surface area (Å²) in [6.45, 7) is 2.50. The second kappa shape index (κ2) is 6.19. The van der Waals surface area contributed by atoms with Crippen molar-refractivity contribution in [2.75, 3.05) is 12.4 Å². The Morgan fingerprint density at radius 1 is 1.53 bits per heavy atom. The van der Waals surface area contributed by atoms with E-state index in [0.29, 0.717) is 12.5 Å². The molecule has 6 heteroatoms. The topological polar surface area (TPSA) is 72.5 Å². The molecular weight excluding hydrogens is 260 g/mol. The molecule has 1 aromatic heterocycles. The van der Waals surface area contributed by atoms with E-state index in [1.165, 1.54) is 0 Å². The molecule has 19 heavy (non-hydrogen) atoms. The Labute approximate surface area is 116 Å². The van der Waals surface area contributed by atoms with Crippen molar-refractivity contribution in [3.8, 4) is 5.75 Å². The van der Waals surface area contributed by atoms with Crippen LogP contribution in [0.2, 0.25) is 0 Å². The van der Waals surface area contributed by atoms with Crippen molar-refractivity contribution < 1.29 is 4.74 Å². The molecule has 2 aromatic rings. The van der Waals surface area contributed by atoms with Crippen LogP contribution < -0.4 is 15.8 Å². The first-order valence-electron chi connectivity index (χ1n) is 5.79. The Balaban J connectivity index is 1.97. The van der Waals surface area contributed by atoms with Gasteiger partial charge in [0.25, 0.3) is 0 Å². The summed E-state index contributed by atoms with van der Waals surface area (Å²) >= 11 is 1.62. The molecule has 0 fully saturated rings. The van der Waals surface area contributed by atoms with E-state index in [2.05, 4.69) is 15.3 Å². The Morgan fingerprint density at radius 3 is 3.05 bits per heavy atom. The number of ether oxygens (including phenoxy) is 1. The van der Waals surface area contributed by atoms with Gasteiger partial charge in [-0.3, -0.25) is 0 Å². The van der Waals surface area contributed by atoms with Crippen molar-refractivity contribution in [2.45, 2.75) is 13.5 Å². The van der Waals surface area contributed by atoms with Crippen molar-refractivity contribution in [3.05, 3.63) is 40.3 Å². The quantitative estimate of drug-likeness (QED) is 0.664. The van der Waals surface area contributed by atoms with E-state index >= 15 is 0 Å². The number of methoxy groups -OCH3 is 1. The highest BCUT2D eigenvalue weighted by molar-refractivity contribution is 7.11. The fourth-order valence-corrected chi connectivity index (χ4v) is 2.25. The SMILES string of the molecule is COc1cccc(NC(N)=NCc2cnc(C)s2)c1. The van der Waals surface area contributed by atoms with Crippen molar-refractivity contribution >= 4 is 23.0 Å². The Morgan fingerprint density at radius 2 is 2.37 bits per heavy atom. The van der Waals surface area contributed by atoms with Crippen molar-refractivity contribution in [1.29, 1.82) is 0 Å². The molecule has 1 heterocycles. The summed E-state index contributed by atoms with van der Waals surface area (Å²) in [7, 11) is 1.63. The lowest BCUT2D eigenvalue weighted by molar-refractivity contribution is 0.415. The Bertz CT molecular complexity index is 580. The molecule has 0 saturated carbocycles. The van der Waals surface area contributed by atoms with Gasteiger partial charge in [0.15, 0.2) is 5.96 Å². The second-order valence-corrected chi connectivity index (χ2v) is 5.22. The Kier molecular flexibility index (Phi) is 4.35. The Hall–Kier alpha value is -2.08. The molecule has 1 aromatic carbocycles. The molecule has 0 atom stereocenters. The number of hydrogen-bond donors (Lipinski definition) is 2. The molecular formula is C13H16N4OS. The van der Waals surface area contributed by atoms with Crippen LogP contribution in [0, 0.1) is 6.92 Å². The first kappa shape index (κ1) is 13.4. The van der Waals surface area contributed by atoms with Crippen LogP contribution in [-0.4, -0.2) is 18.1 Å². The number of benzene rings is 1. The third kappa shape index (κ3) is 3.96. The van der Waals surface area contributed by atoms with Crippen LogP contribution in [0.15, 0.2) is 35.5 Å². The molecule has 0 bridgehead atoms. The lowest BCUT2D eigenvalue weighted by atomic mass is 10.3. The lowest BCUT2D eigenvalue weighted by Crippen LogP contribution is -2.22. The summed E-state index contributed by atoms with van der Waals surface area (Å²) in [5.74, 6) is 1.15. The third-order valence-electron chi connectivity index (χ3n) is 2.42. The predicted octanol–water partition coefficient (Wildman–Crippen LogP) is 2.39. The fourth-order valence-electron chi connectivity index (χ4n) is 1.53. The van der Waals surface area contributed by atoms with Gasteiger partial charge in [-0.2, -0.15) is 0 Å². The van der Waals surface area contributed by atoms with Gasteiger partial charge in [-0.25, -0.2) is 9.98 Å². The van der Waals surface area contributed by atoms with E-state index in [0.717, 1.165) is 21.3 Å². The van der Waals surface area contributed by atoms with Gasteiger partial charge in [-0.1, -0.05) is 6.07 Å². The van der Waals surface area contributed by atoms with Crippen LogP contribution >= 0.6 is 11.3 Å². The number of rotatable bonds is 4. The monoisotopic (exact) mass is 276 g/mol. The zero-order chi connectivity index (χ0) is 13.7. The van der Waals surface area contributed by atoms with Crippen LogP contribution in [-0.2, 0) is 6.54 Å². The summed E-state index contributed by atoms with van der Waals surface area (Å²) in [6, 6.07) is 7.53. The van der Waals surface area contributed by atoms with Gasteiger partial charge in [-0.05, 0) is 19.1 Å². The van der Waals surface area contributed by atoms with Gasteiger partial charge in [0.05, 0.1) is 18.7 Å². The highest BCUT2D eigenvalue weighted by Gasteiger charge is 1.99. The van der Waals surface area contributed by atoms with Crippen LogP contribution in [0.25, 0.3) is 0 Å². The first-order chi connectivity index (χ1) is 9.17. The van der Waals surface area contributed by atoms with E-state index in [1.807, 2.05) is 37.4 Å². The fraction of sp³-hybridized carbons (Fsp3) is 0.231. The minimum Gasteiger partial charge on any atom is -0.497 e. The van der Waals surface area contributed by atoms with Crippen LogP contribution in [0.1, 0.15) is 9.88 Å². The van der Waals surface area contributed by atoms with Gasteiger partial charge < -0.3 is 15.8 Å². The maximum absolute atomic E-state index is 5.83. The number of aliphatic imine (C=N–C) groups is 1.